The van der Waals surface area contributed by atoms with Crippen LogP contribution in [0.15, 0.2) is 12.2 Å². The molecule has 0 atom stereocenters. The number of unbranched alkanes of at least 4 members (excludes halogenated alkanes) is 15. The SMILES string of the molecule is CCCCCCCC/C=C\CCCCCCCCCCCC([O])=O. The van der Waals surface area contributed by atoms with E-state index in [1.165, 1.54) is 96.3 Å². The quantitative estimate of drug-likeness (QED) is 0.177. The molecule has 0 N–H and O–H groups in total. The van der Waals surface area contributed by atoms with E-state index >= 15 is 0 Å². The highest BCUT2D eigenvalue weighted by molar-refractivity contribution is 5.66. The van der Waals surface area contributed by atoms with E-state index in [0.29, 0.717) is 0 Å². The van der Waals surface area contributed by atoms with Gasteiger partial charge in [0.1, 0.15) is 0 Å². The normalized spacial score (nSPS) is 11.4. The van der Waals surface area contributed by atoms with Crippen molar-refractivity contribution in [1.82, 2.24) is 0 Å². The van der Waals surface area contributed by atoms with Crippen LogP contribution in [0.5, 0.6) is 0 Å². The zero-order chi connectivity index (χ0) is 17.7. The first-order valence-corrected chi connectivity index (χ1v) is 10.6. The number of allylic oxidation sites excluding steroid dienone is 2. The van der Waals surface area contributed by atoms with Crippen LogP contribution >= 0.6 is 0 Å². The first-order chi connectivity index (χ1) is 11.8. The summed E-state index contributed by atoms with van der Waals surface area (Å²) < 4.78 is 0. The summed E-state index contributed by atoms with van der Waals surface area (Å²) >= 11 is 0. The van der Waals surface area contributed by atoms with Gasteiger partial charge in [0.05, 0.1) is 6.42 Å². The Bertz CT molecular complexity index is 284. The second kappa shape index (κ2) is 20.3. The predicted molar refractivity (Wildman–Crippen MR) is 104 cm³/mol. The summed E-state index contributed by atoms with van der Waals surface area (Å²) in [6, 6.07) is 0. The Hall–Kier alpha value is -0.790. The number of carbonyl (C=O) groups excluding carboxylic acids is 1. The highest BCUT2D eigenvalue weighted by Gasteiger charge is 1.98. The Kier molecular flexibility index (Phi) is 19.6. The number of carbonyl (C=O) groups is 1. The minimum absolute atomic E-state index is 0.229. The molecule has 0 heterocycles. The smallest absolute Gasteiger partial charge is 0.247 e. The van der Waals surface area contributed by atoms with Crippen molar-refractivity contribution in [1.29, 1.82) is 0 Å². The van der Waals surface area contributed by atoms with E-state index in [2.05, 4.69) is 19.1 Å². The lowest BCUT2D eigenvalue weighted by Crippen LogP contribution is -1.91. The van der Waals surface area contributed by atoms with Crippen LogP contribution in [-0.4, -0.2) is 5.97 Å². The zero-order valence-corrected chi connectivity index (χ0v) is 16.2. The molecular weight excluding hydrogens is 296 g/mol. The van der Waals surface area contributed by atoms with Crippen molar-refractivity contribution in [2.75, 3.05) is 0 Å². The summed E-state index contributed by atoms with van der Waals surface area (Å²) in [5.74, 6) is -0.906. The molecule has 0 amide bonds. The van der Waals surface area contributed by atoms with E-state index in [1.54, 1.807) is 0 Å². The third-order valence-electron chi connectivity index (χ3n) is 4.64. The van der Waals surface area contributed by atoms with Crippen molar-refractivity contribution in [2.24, 2.45) is 0 Å². The predicted octanol–water partition coefficient (Wildman–Crippen LogP) is 7.54. The van der Waals surface area contributed by atoms with Crippen LogP contribution in [0, 0.1) is 0 Å². The molecule has 0 aromatic heterocycles. The standard InChI is InChI=1S/C22H41O2/c1-2-3-4-5-6-7-8-9-10-11-12-13-14-15-16-17-18-19-20-21-22(23)24/h9-10H,2-8,11-21H2,1H3/b10-9-. The van der Waals surface area contributed by atoms with Gasteiger partial charge in [0.2, 0.25) is 0 Å². The molecule has 0 bridgehead atoms. The van der Waals surface area contributed by atoms with Crippen molar-refractivity contribution in [3.05, 3.63) is 12.2 Å². The fourth-order valence-corrected chi connectivity index (χ4v) is 3.05. The van der Waals surface area contributed by atoms with Crippen LogP contribution in [-0.2, 0) is 9.90 Å². The maximum Gasteiger partial charge on any atom is 0.355 e. The molecule has 0 saturated heterocycles. The summed E-state index contributed by atoms with van der Waals surface area (Å²) in [5, 5.41) is 10.3. The lowest BCUT2D eigenvalue weighted by Gasteiger charge is -2.01. The van der Waals surface area contributed by atoms with Crippen molar-refractivity contribution in [3.63, 3.8) is 0 Å². The molecule has 0 aliphatic rings. The molecule has 0 rings (SSSR count). The first kappa shape index (κ1) is 23.2. The number of hydrogen-bond donors (Lipinski definition) is 0. The van der Waals surface area contributed by atoms with Gasteiger partial charge in [0, 0.05) is 0 Å². The third kappa shape index (κ3) is 21.2. The topological polar surface area (TPSA) is 37.0 Å². The molecule has 1 radical (unpaired) electrons. The molecule has 2 heteroatoms. The van der Waals surface area contributed by atoms with Crippen molar-refractivity contribution in [2.45, 2.75) is 122 Å². The van der Waals surface area contributed by atoms with Gasteiger partial charge in [-0.15, -0.1) is 0 Å². The highest BCUT2D eigenvalue weighted by Crippen LogP contribution is 2.12. The summed E-state index contributed by atoms with van der Waals surface area (Å²) in [6.07, 6.45) is 26.8. The minimum atomic E-state index is -0.906. The molecule has 0 fully saturated rings. The fourth-order valence-electron chi connectivity index (χ4n) is 3.05. The van der Waals surface area contributed by atoms with Gasteiger partial charge >= 0.3 is 5.97 Å². The van der Waals surface area contributed by atoms with Gasteiger partial charge in [0.25, 0.3) is 0 Å². The molecule has 0 unspecified atom stereocenters. The van der Waals surface area contributed by atoms with Crippen LogP contribution in [0.1, 0.15) is 122 Å². The lowest BCUT2D eigenvalue weighted by atomic mass is 10.1. The number of hydrogen-bond acceptors (Lipinski definition) is 1. The van der Waals surface area contributed by atoms with Gasteiger partial charge in [0.15, 0.2) is 0 Å². The fraction of sp³-hybridized carbons (Fsp3) is 0.864. The Morgan fingerprint density at radius 3 is 1.38 bits per heavy atom. The molecular formula is C22H41O2. The van der Waals surface area contributed by atoms with E-state index in [0.717, 1.165) is 12.8 Å². The summed E-state index contributed by atoms with van der Waals surface area (Å²) in [6.45, 7) is 2.27. The van der Waals surface area contributed by atoms with E-state index in [1.807, 2.05) is 0 Å². The monoisotopic (exact) mass is 337 g/mol. The maximum absolute atomic E-state index is 10.3. The molecule has 0 aromatic rings. The summed E-state index contributed by atoms with van der Waals surface area (Å²) in [7, 11) is 0. The molecule has 0 aromatic carbocycles. The Morgan fingerprint density at radius 1 is 0.583 bits per heavy atom. The van der Waals surface area contributed by atoms with Crippen LogP contribution in [0.25, 0.3) is 0 Å². The average molecular weight is 338 g/mol. The molecule has 141 valence electrons. The van der Waals surface area contributed by atoms with E-state index in [4.69, 9.17) is 0 Å². The second-order valence-corrected chi connectivity index (χ2v) is 7.12. The Labute approximate surface area is 151 Å². The maximum atomic E-state index is 10.3. The highest BCUT2D eigenvalue weighted by atomic mass is 16.4. The molecule has 0 aliphatic carbocycles. The molecule has 0 spiro atoms. The van der Waals surface area contributed by atoms with Crippen LogP contribution in [0.4, 0.5) is 0 Å². The summed E-state index contributed by atoms with van der Waals surface area (Å²) in [5.41, 5.74) is 0. The van der Waals surface area contributed by atoms with E-state index < -0.39 is 5.97 Å². The van der Waals surface area contributed by atoms with E-state index in [-0.39, 0.29) is 6.42 Å². The molecule has 24 heavy (non-hydrogen) atoms. The zero-order valence-electron chi connectivity index (χ0n) is 16.2. The first-order valence-electron chi connectivity index (χ1n) is 10.6. The summed E-state index contributed by atoms with van der Waals surface area (Å²) in [4.78, 5) is 10.3. The molecule has 0 saturated carbocycles. The van der Waals surface area contributed by atoms with Crippen LogP contribution in [0.2, 0.25) is 0 Å². The molecule has 2 nitrogen and oxygen atoms in total. The van der Waals surface area contributed by atoms with Gasteiger partial charge in [-0.25, -0.2) is 9.90 Å². The van der Waals surface area contributed by atoms with Crippen molar-refractivity contribution >= 4 is 5.97 Å². The minimum Gasteiger partial charge on any atom is -0.247 e. The van der Waals surface area contributed by atoms with Gasteiger partial charge < -0.3 is 0 Å². The van der Waals surface area contributed by atoms with Gasteiger partial charge in [-0.05, 0) is 32.1 Å². The van der Waals surface area contributed by atoms with Gasteiger partial charge in [-0.3, -0.25) is 0 Å². The van der Waals surface area contributed by atoms with Crippen LogP contribution < -0.4 is 0 Å². The van der Waals surface area contributed by atoms with E-state index in [9.17, 15) is 9.90 Å². The van der Waals surface area contributed by atoms with Gasteiger partial charge in [-0.2, -0.15) is 0 Å². The van der Waals surface area contributed by atoms with Gasteiger partial charge in [-0.1, -0.05) is 96.1 Å². The van der Waals surface area contributed by atoms with Crippen molar-refractivity contribution in [3.8, 4) is 0 Å². The van der Waals surface area contributed by atoms with Crippen LogP contribution in [0.3, 0.4) is 0 Å². The van der Waals surface area contributed by atoms with Crippen molar-refractivity contribution < 1.29 is 9.90 Å². The second-order valence-electron chi connectivity index (χ2n) is 7.12. The Balaban J connectivity index is 3.06. The third-order valence-corrected chi connectivity index (χ3v) is 4.64. The average Bonchev–Trinajstić information content (AvgIpc) is 2.56. The largest absolute Gasteiger partial charge is 0.355 e. The lowest BCUT2D eigenvalue weighted by molar-refractivity contribution is -0.143. The number of rotatable bonds is 19. The Morgan fingerprint density at radius 2 is 0.958 bits per heavy atom. The molecule has 0 aliphatic heterocycles.